The van der Waals surface area contributed by atoms with Gasteiger partial charge in [-0.3, -0.25) is 0 Å². The fraction of sp³-hybridized carbons (Fsp3) is 0.346. The van der Waals surface area contributed by atoms with E-state index in [1.54, 1.807) is 20.5 Å². The van der Waals surface area contributed by atoms with Gasteiger partial charge in [0.2, 0.25) is 0 Å². The quantitative estimate of drug-likeness (QED) is 0.360. The highest BCUT2D eigenvalue weighted by Gasteiger charge is 2.29. The molecule has 1 saturated carbocycles. The fourth-order valence-electron chi connectivity index (χ4n) is 4.87. The molecule has 2 aromatic rings. The van der Waals surface area contributed by atoms with E-state index in [0.29, 0.717) is 28.5 Å². The number of hydrogen-bond donors (Lipinski definition) is 1. The molecule has 2 heterocycles. The van der Waals surface area contributed by atoms with E-state index >= 15 is 0 Å². The van der Waals surface area contributed by atoms with Gasteiger partial charge in [-0.25, -0.2) is 15.0 Å². The van der Waals surface area contributed by atoms with Crippen LogP contribution in [0.1, 0.15) is 37.2 Å². The van der Waals surface area contributed by atoms with E-state index in [4.69, 9.17) is 25.2 Å². The Labute approximate surface area is 204 Å². The molecule has 1 atom stereocenters. The summed E-state index contributed by atoms with van der Waals surface area (Å²) in [6.45, 7) is 0.795. The number of imidazole rings is 1. The number of nitrogen functional groups attached to an aromatic ring is 1. The van der Waals surface area contributed by atoms with Crippen LogP contribution in [0.4, 0.5) is 5.82 Å². The molecule has 1 unspecified atom stereocenters. The van der Waals surface area contributed by atoms with Crippen LogP contribution >= 0.6 is 11.8 Å². The third-order valence-electron chi connectivity index (χ3n) is 6.63. The third kappa shape index (κ3) is 4.55. The molecule has 3 aliphatic rings. The van der Waals surface area contributed by atoms with E-state index in [1.165, 1.54) is 43.0 Å². The second-order valence-corrected chi connectivity index (χ2v) is 9.65. The van der Waals surface area contributed by atoms with Gasteiger partial charge in [0.25, 0.3) is 0 Å². The Hall–Kier alpha value is -3.26. The van der Waals surface area contributed by atoms with E-state index in [2.05, 4.69) is 39.9 Å². The molecule has 1 fully saturated rings. The zero-order chi connectivity index (χ0) is 23.5. The molecule has 8 heteroatoms. The van der Waals surface area contributed by atoms with Crippen LogP contribution in [-0.4, -0.2) is 33.7 Å². The predicted octanol–water partition coefficient (Wildman–Crippen LogP) is 5.50. The van der Waals surface area contributed by atoms with Crippen molar-refractivity contribution in [3.05, 3.63) is 60.4 Å². The van der Waals surface area contributed by atoms with E-state index in [-0.39, 0.29) is 0 Å². The molecule has 5 rings (SSSR count). The maximum Gasteiger partial charge on any atom is 0.195 e. The van der Waals surface area contributed by atoms with Gasteiger partial charge in [-0.2, -0.15) is 0 Å². The van der Waals surface area contributed by atoms with Crippen molar-refractivity contribution >= 4 is 17.6 Å². The fourth-order valence-corrected chi connectivity index (χ4v) is 5.77. The van der Waals surface area contributed by atoms with Gasteiger partial charge in [-0.1, -0.05) is 43.2 Å². The van der Waals surface area contributed by atoms with Crippen molar-refractivity contribution in [3.63, 3.8) is 0 Å². The Morgan fingerprint density at radius 2 is 1.85 bits per heavy atom. The zero-order valence-corrected chi connectivity index (χ0v) is 20.3. The van der Waals surface area contributed by atoms with Crippen molar-refractivity contribution in [2.75, 3.05) is 20.0 Å². The number of nitrogens with zero attached hydrogens (tertiary/aromatic N) is 4. The highest BCUT2D eigenvalue weighted by Crippen LogP contribution is 2.41. The second-order valence-electron chi connectivity index (χ2n) is 8.64. The summed E-state index contributed by atoms with van der Waals surface area (Å²) >= 11 is 1.43. The van der Waals surface area contributed by atoms with Gasteiger partial charge >= 0.3 is 0 Å². The van der Waals surface area contributed by atoms with Crippen LogP contribution < -0.4 is 15.2 Å². The SMILES string of the molecule is COc1ccc(OC)c(Sc2nc3c(N)ncn(CC(c4ccccc4)C4CCCC4)c-3n2)c1. The number of fused-ring (bicyclic) bond motifs is 1. The molecule has 176 valence electrons. The Balaban J connectivity index is 1.49. The lowest BCUT2D eigenvalue weighted by Gasteiger charge is -2.26. The van der Waals surface area contributed by atoms with Crippen molar-refractivity contribution in [3.8, 4) is 23.0 Å². The first-order chi connectivity index (χ1) is 16.7. The Morgan fingerprint density at radius 1 is 1.06 bits per heavy atom. The lowest BCUT2D eigenvalue weighted by molar-refractivity contribution is 0.386. The molecular weight excluding hydrogens is 446 g/mol. The largest absolute Gasteiger partial charge is 0.497 e. The molecule has 0 spiro atoms. The highest BCUT2D eigenvalue weighted by atomic mass is 32.2. The number of hydrogen-bond acceptors (Lipinski definition) is 7. The minimum Gasteiger partial charge on any atom is -0.497 e. The highest BCUT2D eigenvalue weighted by molar-refractivity contribution is 7.99. The van der Waals surface area contributed by atoms with E-state index in [1.807, 2.05) is 18.2 Å². The van der Waals surface area contributed by atoms with Crippen LogP contribution in [0.2, 0.25) is 0 Å². The van der Waals surface area contributed by atoms with Gasteiger partial charge in [0, 0.05) is 12.5 Å². The smallest absolute Gasteiger partial charge is 0.195 e. The minimum absolute atomic E-state index is 0.389. The summed E-state index contributed by atoms with van der Waals surface area (Å²) < 4.78 is 13.0. The van der Waals surface area contributed by atoms with Crippen molar-refractivity contribution in [2.24, 2.45) is 5.92 Å². The topological polar surface area (TPSA) is 88.1 Å². The summed E-state index contributed by atoms with van der Waals surface area (Å²) in [6.07, 6.45) is 6.92. The van der Waals surface area contributed by atoms with Gasteiger partial charge in [0.05, 0.1) is 25.4 Å². The molecule has 0 aromatic heterocycles. The molecule has 0 amide bonds. The van der Waals surface area contributed by atoms with Crippen LogP contribution in [0.5, 0.6) is 11.5 Å². The number of ether oxygens (including phenoxy) is 2. The number of rotatable bonds is 8. The van der Waals surface area contributed by atoms with Gasteiger partial charge in [-0.15, -0.1) is 0 Å². The van der Waals surface area contributed by atoms with Crippen LogP contribution in [0.15, 0.2) is 64.9 Å². The van der Waals surface area contributed by atoms with E-state index in [0.717, 1.165) is 28.8 Å². The lowest BCUT2D eigenvalue weighted by Crippen LogP contribution is -2.19. The number of nitrogens with two attached hydrogens (primary N) is 1. The first kappa shape index (κ1) is 22.5. The molecule has 0 saturated heterocycles. The maximum atomic E-state index is 6.22. The van der Waals surface area contributed by atoms with Gasteiger partial charge < -0.3 is 19.8 Å². The van der Waals surface area contributed by atoms with Crippen LogP contribution in [0.3, 0.4) is 0 Å². The zero-order valence-electron chi connectivity index (χ0n) is 19.5. The van der Waals surface area contributed by atoms with E-state index in [9.17, 15) is 0 Å². The molecule has 2 aliphatic heterocycles. The van der Waals surface area contributed by atoms with Crippen LogP contribution in [-0.2, 0) is 6.54 Å². The Kier molecular flexibility index (Phi) is 6.58. The lowest BCUT2D eigenvalue weighted by atomic mass is 9.84. The van der Waals surface area contributed by atoms with Gasteiger partial charge in [0.1, 0.15) is 11.5 Å². The van der Waals surface area contributed by atoms with Crippen LogP contribution in [0.25, 0.3) is 11.5 Å². The number of aromatic nitrogens is 4. The van der Waals surface area contributed by atoms with Crippen molar-refractivity contribution in [1.29, 1.82) is 0 Å². The summed E-state index contributed by atoms with van der Waals surface area (Å²) in [6, 6.07) is 16.5. The van der Waals surface area contributed by atoms with Gasteiger partial charge in [0.15, 0.2) is 22.5 Å². The summed E-state index contributed by atoms with van der Waals surface area (Å²) in [5, 5.41) is 0.604. The molecule has 0 radical (unpaired) electrons. The standard InChI is InChI=1S/C26H29N5O2S/c1-32-19-12-13-21(33-2)22(14-19)34-26-29-23-24(27)28-16-31(25(23)30-26)15-20(18-10-6-7-11-18)17-8-4-3-5-9-17/h3-5,8-9,12-14,16,18,20H,6-7,10-11,15,27H2,1-2H3. The summed E-state index contributed by atoms with van der Waals surface area (Å²) in [5.74, 6) is 3.69. The number of benzene rings is 2. The normalized spacial score (nSPS) is 15.0. The monoisotopic (exact) mass is 475 g/mol. The predicted molar refractivity (Wildman–Crippen MR) is 134 cm³/mol. The molecule has 0 bridgehead atoms. The van der Waals surface area contributed by atoms with E-state index < -0.39 is 0 Å². The minimum atomic E-state index is 0.389. The van der Waals surface area contributed by atoms with Crippen LogP contribution in [0, 0.1) is 5.92 Å². The average molecular weight is 476 g/mol. The number of methoxy groups -OCH3 is 2. The molecule has 2 aromatic carbocycles. The molecule has 34 heavy (non-hydrogen) atoms. The van der Waals surface area contributed by atoms with Gasteiger partial charge in [-0.05, 0) is 54.3 Å². The van der Waals surface area contributed by atoms with Crippen molar-refractivity contribution in [1.82, 2.24) is 19.5 Å². The summed E-state index contributed by atoms with van der Waals surface area (Å²) in [5.41, 5.74) is 8.21. The summed E-state index contributed by atoms with van der Waals surface area (Å²) in [4.78, 5) is 14.9. The number of anilines is 1. The third-order valence-corrected chi connectivity index (χ3v) is 7.54. The Bertz CT molecular complexity index is 1220. The Morgan fingerprint density at radius 3 is 2.59 bits per heavy atom. The first-order valence-electron chi connectivity index (χ1n) is 11.6. The molecule has 7 nitrogen and oxygen atoms in total. The summed E-state index contributed by atoms with van der Waals surface area (Å²) in [7, 11) is 3.29. The molecule has 2 N–H and O–H groups in total. The molecular formula is C26H29N5O2S. The van der Waals surface area contributed by atoms with Crippen molar-refractivity contribution in [2.45, 2.75) is 48.2 Å². The second kappa shape index (κ2) is 9.93. The maximum absolute atomic E-state index is 6.22. The first-order valence-corrected chi connectivity index (χ1v) is 12.4. The van der Waals surface area contributed by atoms with Crippen molar-refractivity contribution < 1.29 is 9.47 Å². The molecule has 1 aliphatic carbocycles. The average Bonchev–Trinajstić information content (AvgIpc) is 3.55.